The molecule has 2 aromatic carbocycles. The highest BCUT2D eigenvalue weighted by Crippen LogP contribution is 2.28. The molecule has 0 radical (unpaired) electrons. The van der Waals surface area contributed by atoms with Crippen molar-refractivity contribution in [1.29, 1.82) is 0 Å². The molecule has 3 aromatic rings. The molecule has 6 heteroatoms. The number of thiazole rings is 1. The summed E-state index contributed by atoms with van der Waals surface area (Å²) in [5.41, 5.74) is 7.32. The van der Waals surface area contributed by atoms with Crippen LogP contribution in [0.25, 0.3) is 10.2 Å². The van der Waals surface area contributed by atoms with Crippen molar-refractivity contribution in [2.45, 2.75) is 20.3 Å². The Hall–Kier alpha value is -2.73. The van der Waals surface area contributed by atoms with E-state index in [9.17, 15) is 4.79 Å². The lowest BCUT2D eigenvalue weighted by molar-refractivity contribution is 0.106. The molecular formula is C20H20N4OS. The van der Waals surface area contributed by atoms with Gasteiger partial charge in [-0.2, -0.15) is 5.10 Å². The van der Waals surface area contributed by atoms with Gasteiger partial charge < -0.3 is 4.90 Å². The van der Waals surface area contributed by atoms with Crippen LogP contribution in [0.2, 0.25) is 0 Å². The van der Waals surface area contributed by atoms with E-state index in [2.05, 4.69) is 40.3 Å². The first-order chi connectivity index (χ1) is 12.7. The Morgan fingerprint density at radius 1 is 1.19 bits per heavy atom. The van der Waals surface area contributed by atoms with Crippen LogP contribution in [0.1, 0.15) is 29.8 Å². The molecular weight excluding hydrogens is 344 g/mol. The van der Waals surface area contributed by atoms with Gasteiger partial charge in [-0.3, -0.25) is 10.2 Å². The van der Waals surface area contributed by atoms with Gasteiger partial charge in [-0.15, -0.1) is 0 Å². The number of carbonyl (C=O) groups is 1. The van der Waals surface area contributed by atoms with Gasteiger partial charge in [0.1, 0.15) is 5.71 Å². The highest BCUT2D eigenvalue weighted by atomic mass is 32.1. The first kappa shape index (κ1) is 16.7. The molecule has 1 N–H and O–H groups in total. The monoisotopic (exact) mass is 364 g/mol. The second kappa shape index (κ2) is 6.88. The maximum Gasteiger partial charge on any atom is 0.209 e. The van der Waals surface area contributed by atoms with Gasteiger partial charge in [-0.1, -0.05) is 29.5 Å². The third-order valence-corrected chi connectivity index (χ3v) is 5.61. The first-order valence-electron chi connectivity index (χ1n) is 8.80. The summed E-state index contributed by atoms with van der Waals surface area (Å²) in [6, 6.07) is 14.1. The molecule has 1 aliphatic carbocycles. The van der Waals surface area contributed by atoms with E-state index in [1.54, 1.807) is 0 Å². The maximum atomic E-state index is 12.7. The Morgan fingerprint density at radius 2 is 2.00 bits per heavy atom. The molecule has 0 aliphatic heterocycles. The summed E-state index contributed by atoms with van der Waals surface area (Å²) >= 11 is 1.53. The number of carbonyl (C=O) groups excluding carboxylic acids is 1. The van der Waals surface area contributed by atoms with Crippen LogP contribution in [-0.2, 0) is 6.42 Å². The second-order valence-electron chi connectivity index (χ2n) is 6.18. The van der Waals surface area contributed by atoms with Crippen LogP contribution in [0.3, 0.4) is 0 Å². The molecule has 0 bridgehead atoms. The van der Waals surface area contributed by atoms with E-state index in [1.807, 2.05) is 36.4 Å². The Morgan fingerprint density at radius 3 is 2.77 bits per heavy atom. The Bertz CT molecular complexity index is 971. The summed E-state index contributed by atoms with van der Waals surface area (Å²) in [5.74, 6) is 0.00242. The lowest BCUT2D eigenvalue weighted by atomic mass is 10.1. The average Bonchev–Trinajstić information content (AvgIpc) is 3.22. The summed E-state index contributed by atoms with van der Waals surface area (Å²) < 4.78 is 1.10. The van der Waals surface area contributed by atoms with Gasteiger partial charge in [0.25, 0.3) is 0 Å². The minimum absolute atomic E-state index is 0.00242. The van der Waals surface area contributed by atoms with Crippen molar-refractivity contribution in [3.63, 3.8) is 0 Å². The molecule has 1 aliphatic rings. The molecule has 4 rings (SSSR count). The molecule has 1 aromatic heterocycles. The fraction of sp³-hybridized carbons (Fsp3) is 0.250. The van der Waals surface area contributed by atoms with E-state index < -0.39 is 0 Å². The third kappa shape index (κ3) is 2.97. The number of para-hydroxylation sites is 1. The predicted molar refractivity (Wildman–Crippen MR) is 109 cm³/mol. The van der Waals surface area contributed by atoms with Gasteiger partial charge in [0.15, 0.2) is 0 Å². The fourth-order valence-corrected chi connectivity index (χ4v) is 4.07. The lowest BCUT2D eigenvalue weighted by Gasteiger charge is -2.21. The first-order valence-corrected chi connectivity index (χ1v) is 9.62. The summed E-state index contributed by atoms with van der Waals surface area (Å²) in [5, 5.41) is 5.05. The molecule has 26 heavy (non-hydrogen) atoms. The quantitative estimate of drug-likeness (QED) is 0.684. The summed E-state index contributed by atoms with van der Waals surface area (Å²) in [4.78, 5) is 19.5. The smallest absolute Gasteiger partial charge is 0.209 e. The van der Waals surface area contributed by atoms with Gasteiger partial charge in [-0.05, 0) is 43.7 Å². The number of hydrazone groups is 1. The number of hydrogen-bond donors (Lipinski definition) is 1. The van der Waals surface area contributed by atoms with Crippen molar-refractivity contribution in [2.75, 3.05) is 23.4 Å². The third-order valence-electron chi connectivity index (χ3n) is 4.67. The zero-order valence-electron chi connectivity index (χ0n) is 14.8. The number of benzene rings is 2. The molecule has 1 heterocycles. The van der Waals surface area contributed by atoms with Gasteiger partial charge in [0.2, 0.25) is 10.9 Å². The molecule has 0 spiro atoms. The number of hydrogen-bond acceptors (Lipinski definition) is 6. The van der Waals surface area contributed by atoms with Crippen molar-refractivity contribution in [3.8, 4) is 0 Å². The fourth-order valence-electron chi connectivity index (χ4n) is 3.26. The molecule has 0 saturated carbocycles. The molecule has 0 unspecified atom stereocenters. The SMILES string of the molecule is CCN(CC)c1ccc2c(c1)C(=O)/C(=N\Nc1nc3ccccc3s1)C2. The van der Waals surface area contributed by atoms with E-state index in [0.29, 0.717) is 17.3 Å². The van der Waals surface area contributed by atoms with Crippen LogP contribution in [-0.4, -0.2) is 29.6 Å². The van der Waals surface area contributed by atoms with Crippen molar-refractivity contribution in [2.24, 2.45) is 5.10 Å². The molecule has 0 fully saturated rings. The average molecular weight is 364 g/mol. The van der Waals surface area contributed by atoms with Crippen LogP contribution in [0, 0.1) is 0 Å². The van der Waals surface area contributed by atoms with Crippen LogP contribution in [0.15, 0.2) is 47.6 Å². The number of aromatic nitrogens is 1. The molecule has 0 atom stereocenters. The van der Waals surface area contributed by atoms with E-state index in [-0.39, 0.29) is 5.78 Å². The normalized spacial score (nSPS) is 14.8. The van der Waals surface area contributed by atoms with Crippen molar-refractivity contribution >= 4 is 43.9 Å². The van der Waals surface area contributed by atoms with Crippen LogP contribution in [0.5, 0.6) is 0 Å². The Kier molecular flexibility index (Phi) is 4.42. The zero-order chi connectivity index (χ0) is 18.1. The number of fused-ring (bicyclic) bond motifs is 2. The minimum atomic E-state index is 0.00242. The second-order valence-corrected chi connectivity index (χ2v) is 7.21. The van der Waals surface area contributed by atoms with Crippen LogP contribution in [0.4, 0.5) is 10.8 Å². The van der Waals surface area contributed by atoms with Crippen molar-refractivity contribution in [3.05, 3.63) is 53.6 Å². The minimum Gasteiger partial charge on any atom is -0.372 e. The maximum absolute atomic E-state index is 12.7. The lowest BCUT2D eigenvalue weighted by Crippen LogP contribution is -2.22. The highest BCUT2D eigenvalue weighted by molar-refractivity contribution is 7.22. The Labute approximate surface area is 156 Å². The molecule has 0 amide bonds. The largest absolute Gasteiger partial charge is 0.372 e. The summed E-state index contributed by atoms with van der Waals surface area (Å²) in [6.45, 7) is 6.08. The standard InChI is InChI=1S/C20H20N4OS/c1-3-24(4-2)14-10-9-13-11-17(19(25)15(13)12-14)22-23-20-21-16-7-5-6-8-18(16)26-20/h5-10,12H,3-4,11H2,1-2H3,(H,21,23)/b22-17-. The van der Waals surface area contributed by atoms with E-state index >= 15 is 0 Å². The highest BCUT2D eigenvalue weighted by Gasteiger charge is 2.27. The predicted octanol–water partition coefficient (Wildman–Crippen LogP) is 4.35. The number of rotatable bonds is 5. The molecule has 132 valence electrons. The van der Waals surface area contributed by atoms with E-state index in [0.717, 1.165) is 40.1 Å². The summed E-state index contributed by atoms with van der Waals surface area (Å²) in [6.07, 6.45) is 0.560. The number of ketones is 1. The zero-order valence-corrected chi connectivity index (χ0v) is 15.6. The van der Waals surface area contributed by atoms with Crippen LogP contribution < -0.4 is 10.3 Å². The van der Waals surface area contributed by atoms with Gasteiger partial charge in [0, 0.05) is 30.8 Å². The van der Waals surface area contributed by atoms with Gasteiger partial charge in [0.05, 0.1) is 10.2 Å². The van der Waals surface area contributed by atoms with E-state index in [4.69, 9.17) is 0 Å². The molecule has 5 nitrogen and oxygen atoms in total. The topological polar surface area (TPSA) is 57.6 Å². The number of anilines is 2. The number of nitrogens with zero attached hydrogens (tertiary/aromatic N) is 3. The summed E-state index contributed by atoms with van der Waals surface area (Å²) in [7, 11) is 0. The number of Topliss-reactive ketones (excluding diaryl/α,β-unsaturated/α-hetero) is 1. The van der Waals surface area contributed by atoms with Crippen molar-refractivity contribution in [1.82, 2.24) is 4.98 Å². The van der Waals surface area contributed by atoms with Gasteiger partial charge in [-0.25, -0.2) is 4.98 Å². The van der Waals surface area contributed by atoms with Crippen LogP contribution >= 0.6 is 11.3 Å². The van der Waals surface area contributed by atoms with Crippen molar-refractivity contribution < 1.29 is 4.79 Å². The van der Waals surface area contributed by atoms with E-state index in [1.165, 1.54) is 11.3 Å². The molecule has 0 saturated heterocycles. The van der Waals surface area contributed by atoms with Gasteiger partial charge >= 0.3 is 0 Å². The Balaban J connectivity index is 1.56. The number of nitrogens with one attached hydrogen (secondary N) is 1.